The molecule has 19 heavy (non-hydrogen) atoms. The van der Waals surface area contributed by atoms with Crippen LogP contribution in [0.5, 0.6) is 0 Å². The van der Waals surface area contributed by atoms with E-state index in [1.807, 2.05) is 0 Å². The quantitative estimate of drug-likeness (QED) is 0.811. The van der Waals surface area contributed by atoms with Crippen molar-refractivity contribution in [1.82, 2.24) is 4.31 Å². The largest absolute Gasteiger partial charge is 0.465 e. The Morgan fingerprint density at radius 3 is 2.63 bits per heavy atom. The number of hydrogen-bond donors (Lipinski definition) is 1. The maximum atomic E-state index is 12.2. The first-order valence-electron chi connectivity index (χ1n) is 5.29. The molecule has 0 aliphatic heterocycles. The highest BCUT2D eigenvalue weighted by atomic mass is 35.5. The minimum Gasteiger partial charge on any atom is -0.465 e. The van der Waals surface area contributed by atoms with Crippen molar-refractivity contribution in [2.75, 3.05) is 27.3 Å². The Bertz CT molecular complexity index is 572. The Hall–Kier alpha value is -1.15. The van der Waals surface area contributed by atoms with Crippen molar-refractivity contribution in [2.45, 2.75) is 4.90 Å². The molecule has 0 saturated carbocycles. The SMILES string of the molecule is COC(=O)c1ccc(Cl)c(S(=O)(=O)N(C)CCO)c1. The van der Waals surface area contributed by atoms with Gasteiger partial charge in [0.05, 0.1) is 24.3 Å². The molecular formula is C11H14ClNO5S. The molecule has 0 aliphatic carbocycles. The molecule has 1 aromatic carbocycles. The molecule has 0 atom stereocenters. The maximum Gasteiger partial charge on any atom is 0.337 e. The molecule has 0 fully saturated rings. The lowest BCUT2D eigenvalue weighted by Gasteiger charge is -2.17. The van der Waals surface area contributed by atoms with Crippen molar-refractivity contribution in [3.05, 3.63) is 28.8 Å². The van der Waals surface area contributed by atoms with Gasteiger partial charge in [-0.25, -0.2) is 13.2 Å². The van der Waals surface area contributed by atoms with Gasteiger partial charge in [-0.15, -0.1) is 0 Å². The molecule has 0 aliphatic rings. The van der Waals surface area contributed by atoms with E-state index >= 15 is 0 Å². The summed E-state index contributed by atoms with van der Waals surface area (Å²) in [5.41, 5.74) is 0.0860. The van der Waals surface area contributed by atoms with Gasteiger partial charge in [0.1, 0.15) is 4.90 Å². The summed E-state index contributed by atoms with van der Waals surface area (Å²) >= 11 is 5.85. The number of halogens is 1. The molecule has 0 saturated heterocycles. The highest BCUT2D eigenvalue weighted by molar-refractivity contribution is 7.89. The van der Waals surface area contributed by atoms with Crippen molar-refractivity contribution < 1.29 is 23.1 Å². The van der Waals surface area contributed by atoms with Gasteiger partial charge in [-0.3, -0.25) is 0 Å². The number of likely N-dealkylation sites (N-methyl/N-ethyl adjacent to an activating group) is 1. The number of benzene rings is 1. The summed E-state index contributed by atoms with van der Waals surface area (Å²) in [5.74, 6) is -0.655. The first kappa shape index (κ1) is 15.9. The number of sulfonamides is 1. The molecule has 0 bridgehead atoms. The summed E-state index contributed by atoms with van der Waals surface area (Å²) in [6, 6.07) is 3.84. The minimum atomic E-state index is -3.86. The molecule has 0 heterocycles. The predicted molar refractivity (Wildman–Crippen MR) is 69.7 cm³/mol. The number of ether oxygens (including phenoxy) is 1. The number of hydrogen-bond acceptors (Lipinski definition) is 5. The normalized spacial score (nSPS) is 11.6. The topological polar surface area (TPSA) is 83.9 Å². The van der Waals surface area contributed by atoms with Crippen LogP contribution in [0, 0.1) is 0 Å². The average Bonchev–Trinajstić information content (AvgIpc) is 2.38. The number of aliphatic hydroxyl groups excluding tert-OH is 1. The molecule has 1 aromatic rings. The third-order valence-electron chi connectivity index (χ3n) is 2.46. The monoisotopic (exact) mass is 307 g/mol. The van der Waals surface area contributed by atoms with Gasteiger partial charge in [0.15, 0.2) is 0 Å². The smallest absolute Gasteiger partial charge is 0.337 e. The van der Waals surface area contributed by atoms with Crippen LogP contribution in [0.4, 0.5) is 0 Å². The third-order valence-corrected chi connectivity index (χ3v) is 4.79. The summed E-state index contributed by atoms with van der Waals surface area (Å²) < 4.78 is 29.8. The number of aliphatic hydroxyl groups is 1. The van der Waals surface area contributed by atoms with E-state index in [4.69, 9.17) is 16.7 Å². The minimum absolute atomic E-state index is 0.00237. The van der Waals surface area contributed by atoms with Crippen LogP contribution in [0.1, 0.15) is 10.4 Å². The molecule has 6 nitrogen and oxygen atoms in total. The highest BCUT2D eigenvalue weighted by Gasteiger charge is 2.24. The summed E-state index contributed by atoms with van der Waals surface area (Å²) in [5, 5.41) is 8.78. The van der Waals surface area contributed by atoms with Crippen molar-refractivity contribution in [3.63, 3.8) is 0 Å². The summed E-state index contributed by atoms with van der Waals surface area (Å²) in [7, 11) is -1.35. The Morgan fingerprint density at radius 1 is 1.47 bits per heavy atom. The average molecular weight is 308 g/mol. The van der Waals surface area contributed by atoms with Crippen molar-refractivity contribution in [1.29, 1.82) is 0 Å². The Balaban J connectivity index is 3.29. The maximum absolute atomic E-state index is 12.2. The summed E-state index contributed by atoms with van der Waals surface area (Å²) in [6.45, 7) is -0.384. The second kappa shape index (κ2) is 6.33. The van der Waals surface area contributed by atoms with E-state index in [-0.39, 0.29) is 28.6 Å². The number of rotatable bonds is 5. The highest BCUT2D eigenvalue weighted by Crippen LogP contribution is 2.25. The fraction of sp³-hybridized carbons (Fsp3) is 0.364. The van der Waals surface area contributed by atoms with Crippen molar-refractivity contribution in [2.24, 2.45) is 0 Å². The third kappa shape index (κ3) is 3.44. The molecule has 0 unspecified atom stereocenters. The van der Waals surface area contributed by atoms with Crippen LogP contribution in [-0.2, 0) is 14.8 Å². The molecule has 0 aromatic heterocycles. The fourth-order valence-electron chi connectivity index (χ4n) is 1.37. The van der Waals surface area contributed by atoms with Crippen LogP contribution in [0.25, 0.3) is 0 Å². The lowest BCUT2D eigenvalue weighted by Crippen LogP contribution is -2.30. The van der Waals surface area contributed by atoms with Gasteiger partial charge in [0.25, 0.3) is 0 Å². The first-order chi connectivity index (χ1) is 8.84. The first-order valence-corrected chi connectivity index (χ1v) is 7.11. The van der Waals surface area contributed by atoms with E-state index in [9.17, 15) is 13.2 Å². The van der Waals surface area contributed by atoms with E-state index in [0.717, 1.165) is 10.4 Å². The summed E-state index contributed by atoms with van der Waals surface area (Å²) in [4.78, 5) is 11.2. The Morgan fingerprint density at radius 2 is 2.11 bits per heavy atom. The van der Waals surface area contributed by atoms with Crippen LogP contribution >= 0.6 is 11.6 Å². The van der Waals surface area contributed by atoms with Gasteiger partial charge in [-0.1, -0.05) is 11.6 Å². The zero-order chi connectivity index (χ0) is 14.6. The number of esters is 1. The molecule has 0 radical (unpaired) electrons. The molecule has 0 spiro atoms. The van der Waals surface area contributed by atoms with Gasteiger partial charge in [0, 0.05) is 13.6 Å². The number of nitrogens with zero attached hydrogens (tertiary/aromatic N) is 1. The van der Waals surface area contributed by atoms with E-state index in [0.29, 0.717) is 0 Å². The second-order valence-electron chi connectivity index (χ2n) is 3.69. The van der Waals surface area contributed by atoms with Gasteiger partial charge >= 0.3 is 5.97 Å². The van der Waals surface area contributed by atoms with Crippen molar-refractivity contribution >= 4 is 27.6 Å². The van der Waals surface area contributed by atoms with Gasteiger partial charge in [-0.2, -0.15) is 4.31 Å². The Kier molecular flexibility index (Phi) is 5.30. The summed E-state index contributed by atoms with van der Waals surface area (Å²) in [6.07, 6.45) is 0. The van der Waals surface area contributed by atoms with Gasteiger partial charge in [-0.05, 0) is 18.2 Å². The number of methoxy groups -OCH3 is 1. The van der Waals surface area contributed by atoms with E-state index in [1.165, 1.54) is 26.3 Å². The van der Waals surface area contributed by atoms with E-state index < -0.39 is 16.0 Å². The standard InChI is InChI=1S/C11H14ClNO5S/c1-13(5-6-14)19(16,17)10-7-8(11(15)18-2)3-4-9(10)12/h3-4,7,14H,5-6H2,1-2H3. The van der Waals surface area contributed by atoms with Crippen LogP contribution in [0.15, 0.2) is 23.1 Å². The molecule has 1 N–H and O–H groups in total. The van der Waals surface area contributed by atoms with E-state index in [2.05, 4.69) is 4.74 Å². The van der Waals surface area contributed by atoms with Crippen molar-refractivity contribution in [3.8, 4) is 0 Å². The van der Waals surface area contributed by atoms with Gasteiger partial charge in [0.2, 0.25) is 10.0 Å². The molecule has 1 rings (SSSR count). The predicted octanol–water partition coefficient (Wildman–Crippen LogP) is 0.739. The Labute approximate surface area is 116 Å². The zero-order valence-electron chi connectivity index (χ0n) is 10.5. The molecule has 0 amide bonds. The van der Waals surface area contributed by atoms with Crippen LogP contribution in [-0.4, -0.2) is 51.1 Å². The molecule has 106 valence electrons. The van der Waals surface area contributed by atoms with Crippen LogP contribution in [0.3, 0.4) is 0 Å². The molecule has 8 heteroatoms. The van der Waals surface area contributed by atoms with Gasteiger partial charge < -0.3 is 9.84 Å². The van der Waals surface area contributed by atoms with Crippen LogP contribution in [0.2, 0.25) is 5.02 Å². The zero-order valence-corrected chi connectivity index (χ0v) is 12.0. The number of carbonyl (C=O) groups is 1. The second-order valence-corrected chi connectivity index (χ2v) is 6.11. The van der Waals surface area contributed by atoms with E-state index in [1.54, 1.807) is 0 Å². The van der Waals surface area contributed by atoms with Crippen LogP contribution < -0.4 is 0 Å². The lowest BCUT2D eigenvalue weighted by molar-refractivity contribution is 0.0600. The lowest BCUT2D eigenvalue weighted by atomic mass is 10.2. The molecular weight excluding hydrogens is 294 g/mol. The number of carbonyl (C=O) groups excluding carboxylic acids is 1. The fourth-order valence-corrected chi connectivity index (χ4v) is 3.03.